The Labute approximate surface area is 323 Å². The van der Waals surface area contributed by atoms with Gasteiger partial charge in [-0.25, -0.2) is 0 Å². The average molecular weight is 719 g/mol. The molecule has 0 saturated carbocycles. The molecule has 4 heteroatoms. The van der Waals surface area contributed by atoms with Crippen molar-refractivity contribution in [3.63, 3.8) is 0 Å². The first-order chi connectivity index (χ1) is 24.6. The molecular weight excluding hydrogens is 669 g/mol. The molecule has 0 amide bonds. The zero-order chi connectivity index (χ0) is 37.8. The number of hydrogen-bond donors (Lipinski definition) is 0. The van der Waals surface area contributed by atoms with E-state index in [1.165, 1.54) is 88.4 Å². The summed E-state index contributed by atoms with van der Waals surface area (Å²) in [5.74, 6) is 0. The van der Waals surface area contributed by atoms with Crippen LogP contribution in [-0.2, 0) is 0 Å². The van der Waals surface area contributed by atoms with Crippen LogP contribution in [0.4, 0.5) is 0 Å². The molecule has 6 aromatic rings. The van der Waals surface area contributed by atoms with Crippen LogP contribution in [0.25, 0.3) is 11.1 Å². The summed E-state index contributed by atoms with van der Waals surface area (Å²) in [6.45, 7) is 26.5. The molecule has 0 atom stereocenters. The van der Waals surface area contributed by atoms with Gasteiger partial charge in [-0.15, -0.1) is 0 Å². The molecule has 262 valence electrons. The average Bonchev–Trinajstić information content (AvgIpc) is 3.08. The lowest BCUT2D eigenvalue weighted by Gasteiger charge is -2.26. The van der Waals surface area contributed by atoms with Crippen molar-refractivity contribution < 1.29 is 0 Å². The highest BCUT2D eigenvalue weighted by molar-refractivity contribution is 6.97. The number of halogens is 2. The van der Waals surface area contributed by atoms with Crippen molar-refractivity contribution in [2.75, 3.05) is 0 Å². The third-order valence-electron chi connectivity index (χ3n) is 11.3. The summed E-state index contributed by atoms with van der Waals surface area (Å²) in [7, 11) is 0. The number of hydrogen-bond acceptors (Lipinski definition) is 0. The summed E-state index contributed by atoms with van der Waals surface area (Å²) in [6, 6.07) is 32.2. The van der Waals surface area contributed by atoms with Gasteiger partial charge < -0.3 is 0 Å². The van der Waals surface area contributed by atoms with E-state index in [2.05, 4.69) is 168 Å². The van der Waals surface area contributed by atoms with Crippen molar-refractivity contribution in [1.82, 2.24) is 0 Å². The van der Waals surface area contributed by atoms with Crippen molar-refractivity contribution in [1.29, 1.82) is 0 Å². The highest BCUT2D eigenvalue weighted by Gasteiger charge is 2.31. The first-order valence-corrected chi connectivity index (χ1v) is 19.2. The van der Waals surface area contributed by atoms with E-state index in [-0.39, 0.29) is 13.4 Å². The Bertz CT molecular complexity index is 2170. The second kappa shape index (κ2) is 14.8. The fourth-order valence-electron chi connectivity index (χ4n) is 9.22. The van der Waals surface area contributed by atoms with Gasteiger partial charge in [-0.2, -0.15) is 0 Å². The normalized spacial score (nSPS) is 11.3. The first-order valence-electron chi connectivity index (χ1n) is 18.5. The number of aryl methyl sites for hydroxylation is 10. The molecule has 0 heterocycles. The van der Waals surface area contributed by atoms with E-state index in [1.54, 1.807) is 0 Å². The topological polar surface area (TPSA) is 0 Å². The van der Waals surface area contributed by atoms with Crippen LogP contribution in [0.5, 0.6) is 0 Å². The molecule has 0 radical (unpaired) electrons. The predicted molar refractivity (Wildman–Crippen MR) is 234 cm³/mol. The lowest BCUT2D eigenvalue weighted by atomic mass is 9.34. The zero-order valence-corrected chi connectivity index (χ0v) is 34.5. The van der Waals surface area contributed by atoms with Gasteiger partial charge in [0.2, 0.25) is 13.4 Å². The Morgan fingerprint density at radius 1 is 0.327 bits per heavy atom. The number of benzene rings is 6. The molecule has 0 fully saturated rings. The van der Waals surface area contributed by atoms with E-state index in [1.807, 2.05) is 0 Å². The van der Waals surface area contributed by atoms with Crippen LogP contribution in [0.2, 0.25) is 10.0 Å². The fraction of sp³-hybridized carbons (Fsp3) is 0.250. The monoisotopic (exact) mass is 718 g/mol. The van der Waals surface area contributed by atoms with E-state index in [4.69, 9.17) is 23.2 Å². The van der Waals surface area contributed by atoms with E-state index >= 15 is 0 Å². The molecule has 0 unspecified atom stereocenters. The van der Waals surface area contributed by atoms with Gasteiger partial charge in [0, 0.05) is 10.0 Å². The molecular formula is C48H50B2Cl2. The van der Waals surface area contributed by atoms with E-state index in [0.717, 1.165) is 32.3 Å². The SMILES string of the molecule is Cc1cc(C)c(B(c2ccc(-c3ccc(B(c4c(C)cc(C)c(Cl)c4C)c4c(C)cc(C)c(Cl)c4C)cc3)cc2)c2c(C)cc(C)cc2C)c(C)c1. The molecule has 0 aliphatic heterocycles. The lowest BCUT2D eigenvalue weighted by molar-refractivity contribution is 1.34. The van der Waals surface area contributed by atoms with Crippen molar-refractivity contribution in [3.05, 3.63) is 162 Å². The van der Waals surface area contributed by atoms with Crippen LogP contribution >= 0.6 is 23.2 Å². The molecule has 52 heavy (non-hydrogen) atoms. The van der Waals surface area contributed by atoms with E-state index < -0.39 is 0 Å². The summed E-state index contributed by atoms with van der Waals surface area (Å²) < 4.78 is 0. The van der Waals surface area contributed by atoms with Gasteiger partial charge in [0.15, 0.2) is 0 Å². The van der Waals surface area contributed by atoms with Gasteiger partial charge in [-0.3, -0.25) is 0 Å². The molecule has 0 nitrogen and oxygen atoms in total. The Hall–Kier alpha value is -3.97. The third kappa shape index (κ3) is 6.93. The summed E-state index contributed by atoms with van der Waals surface area (Å²) in [4.78, 5) is 0. The molecule has 0 bridgehead atoms. The maximum absolute atomic E-state index is 6.95. The molecule has 0 aliphatic carbocycles. The van der Waals surface area contributed by atoms with Crippen molar-refractivity contribution in [2.24, 2.45) is 0 Å². The van der Waals surface area contributed by atoms with Crippen LogP contribution in [0, 0.1) is 83.1 Å². The Kier molecular flexibility index (Phi) is 10.8. The Morgan fingerprint density at radius 2 is 0.596 bits per heavy atom. The fourth-order valence-corrected chi connectivity index (χ4v) is 9.54. The van der Waals surface area contributed by atoms with Crippen molar-refractivity contribution >= 4 is 69.4 Å². The van der Waals surface area contributed by atoms with Gasteiger partial charge in [0.25, 0.3) is 0 Å². The molecule has 0 saturated heterocycles. The predicted octanol–water partition coefficient (Wildman–Crippen LogP) is 9.39. The van der Waals surface area contributed by atoms with Crippen LogP contribution in [0.1, 0.15) is 66.8 Å². The molecule has 0 aromatic heterocycles. The number of rotatable bonds is 7. The minimum absolute atomic E-state index is 0.00430. The molecule has 0 aliphatic rings. The highest BCUT2D eigenvalue weighted by Crippen LogP contribution is 2.25. The first kappa shape index (κ1) is 37.8. The van der Waals surface area contributed by atoms with Crippen molar-refractivity contribution in [2.45, 2.75) is 83.1 Å². The van der Waals surface area contributed by atoms with Crippen LogP contribution in [-0.4, -0.2) is 13.4 Å². The van der Waals surface area contributed by atoms with Crippen LogP contribution < -0.4 is 32.8 Å². The Morgan fingerprint density at radius 3 is 0.904 bits per heavy atom. The minimum Gasteiger partial charge on any atom is -0.0838 e. The smallest absolute Gasteiger partial charge is 0.0838 e. The standard InChI is InChI=1S/C48H50B2Cl2/c1-27-21-29(3)43(30(4)22-27)49(44-31(5)23-28(2)24-32(44)6)41-17-13-39(14-18-41)40-15-19-42(20-16-40)50(45-33(7)25-35(9)47(51)37(45)11)46-34(8)26-36(10)48(52)38(46)12/h13-26H,1-12H3. The molecule has 6 aromatic carbocycles. The van der Waals surface area contributed by atoms with Gasteiger partial charge in [0.1, 0.15) is 0 Å². The van der Waals surface area contributed by atoms with Crippen LogP contribution in [0.15, 0.2) is 84.9 Å². The largest absolute Gasteiger partial charge is 0.242 e. The lowest BCUT2D eigenvalue weighted by Crippen LogP contribution is -2.56. The van der Waals surface area contributed by atoms with Gasteiger partial charge in [-0.1, -0.05) is 185 Å². The summed E-state index contributed by atoms with van der Waals surface area (Å²) >= 11 is 13.9. The highest BCUT2D eigenvalue weighted by atomic mass is 35.5. The second-order valence-corrected chi connectivity index (χ2v) is 16.2. The maximum atomic E-state index is 6.95. The summed E-state index contributed by atoms with van der Waals surface area (Å²) in [5, 5.41) is 1.67. The second-order valence-electron chi connectivity index (χ2n) is 15.5. The Balaban J connectivity index is 1.45. The summed E-state index contributed by atoms with van der Waals surface area (Å²) in [6.07, 6.45) is 0. The van der Waals surface area contributed by atoms with Gasteiger partial charge in [-0.05, 0) is 116 Å². The molecule has 0 N–H and O–H groups in total. The van der Waals surface area contributed by atoms with Crippen LogP contribution in [0.3, 0.4) is 0 Å². The minimum atomic E-state index is -0.00430. The van der Waals surface area contributed by atoms with Crippen molar-refractivity contribution in [3.8, 4) is 11.1 Å². The van der Waals surface area contributed by atoms with Gasteiger partial charge >= 0.3 is 0 Å². The zero-order valence-electron chi connectivity index (χ0n) is 33.0. The van der Waals surface area contributed by atoms with E-state index in [0.29, 0.717) is 0 Å². The molecule has 6 rings (SSSR count). The van der Waals surface area contributed by atoms with E-state index in [9.17, 15) is 0 Å². The maximum Gasteiger partial charge on any atom is 0.242 e. The van der Waals surface area contributed by atoms with Gasteiger partial charge in [0.05, 0.1) is 0 Å². The third-order valence-corrected chi connectivity index (χ3v) is 12.5. The quantitative estimate of drug-likeness (QED) is 0.144. The summed E-state index contributed by atoms with van der Waals surface area (Å²) in [5.41, 5.74) is 25.2. The molecule has 0 spiro atoms.